The minimum atomic E-state index is 0.511. The van der Waals surface area contributed by atoms with Crippen molar-refractivity contribution in [2.24, 2.45) is 11.3 Å². The highest BCUT2D eigenvalue weighted by Gasteiger charge is 2.44. The normalized spacial score (nSPS) is 21.2. The van der Waals surface area contributed by atoms with E-state index in [1.165, 1.54) is 6.42 Å². The first-order chi connectivity index (χ1) is 7.53. The number of nitriles is 1. The molecule has 0 amide bonds. The molecule has 1 aliphatic carbocycles. The molecule has 1 atom stereocenters. The summed E-state index contributed by atoms with van der Waals surface area (Å²) in [5, 5.41) is 12.2. The van der Waals surface area contributed by atoms with Gasteiger partial charge in [0.25, 0.3) is 0 Å². The van der Waals surface area contributed by atoms with Crippen molar-refractivity contribution in [3.63, 3.8) is 0 Å². The lowest BCUT2D eigenvalue weighted by Gasteiger charge is -2.08. The average molecular weight is 279 g/mol. The second kappa shape index (κ2) is 4.10. The molecule has 1 aromatic carbocycles. The largest absolute Gasteiger partial charge is 0.385 e. The number of hydrogen-bond donors (Lipinski definition) is 1. The summed E-state index contributed by atoms with van der Waals surface area (Å²) in [7, 11) is 0. The minimum Gasteiger partial charge on any atom is -0.385 e. The van der Waals surface area contributed by atoms with Crippen molar-refractivity contribution in [3.8, 4) is 6.07 Å². The molecule has 0 saturated heterocycles. The van der Waals surface area contributed by atoms with E-state index in [0.717, 1.165) is 22.6 Å². The molecule has 0 bridgehead atoms. The molecular formula is C13H15BrN2. The monoisotopic (exact) mass is 278 g/mol. The van der Waals surface area contributed by atoms with Crippen LogP contribution in [-0.2, 0) is 0 Å². The Morgan fingerprint density at radius 1 is 1.56 bits per heavy atom. The summed E-state index contributed by atoms with van der Waals surface area (Å²) in [5.74, 6) is 0.780. The molecule has 2 nitrogen and oxygen atoms in total. The van der Waals surface area contributed by atoms with Gasteiger partial charge in [0.2, 0.25) is 0 Å². The summed E-state index contributed by atoms with van der Waals surface area (Å²) in [6.45, 7) is 5.62. The molecule has 0 radical (unpaired) electrons. The zero-order chi connectivity index (χ0) is 11.8. The molecule has 1 N–H and O–H groups in total. The molecule has 84 valence electrons. The number of rotatable bonds is 3. The summed E-state index contributed by atoms with van der Waals surface area (Å²) < 4.78 is 0.857. The fourth-order valence-electron chi connectivity index (χ4n) is 1.88. The fraction of sp³-hybridized carbons (Fsp3) is 0.462. The lowest BCUT2D eigenvalue weighted by Crippen LogP contribution is -2.07. The molecule has 1 saturated carbocycles. The van der Waals surface area contributed by atoms with E-state index in [4.69, 9.17) is 5.26 Å². The Kier molecular flexibility index (Phi) is 2.94. The van der Waals surface area contributed by atoms with Crippen LogP contribution in [0.15, 0.2) is 22.7 Å². The van der Waals surface area contributed by atoms with E-state index in [0.29, 0.717) is 11.0 Å². The van der Waals surface area contributed by atoms with Crippen LogP contribution in [0.25, 0.3) is 0 Å². The van der Waals surface area contributed by atoms with Crippen LogP contribution >= 0.6 is 15.9 Å². The number of halogens is 1. The Hall–Kier alpha value is -1.01. The van der Waals surface area contributed by atoms with Crippen LogP contribution in [0.1, 0.15) is 25.8 Å². The fourth-order valence-corrected chi connectivity index (χ4v) is 2.35. The van der Waals surface area contributed by atoms with Crippen molar-refractivity contribution < 1.29 is 0 Å². The minimum absolute atomic E-state index is 0.511. The van der Waals surface area contributed by atoms with Gasteiger partial charge in [0, 0.05) is 16.7 Å². The molecule has 0 aromatic heterocycles. The van der Waals surface area contributed by atoms with E-state index in [2.05, 4.69) is 41.2 Å². The summed E-state index contributed by atoms with van der Waals surface area (Å²) >= 11 is 3.39. The average Bonchev–Trinajstić information content (AvgIpc) is 2.84. The number of nitrogens with one attached hydrogen (secondary N) is 1. The first kappa shape index (κ1) is 11.5. The highest BCUT2D eigenvalue weighted by atomic mass is 79.9. The van der Waals surface area contributed by atoms with Crippen LogP contribution in [0.5, 0.6) is 0 Å². The molecule has 0 heterocycles. The van der Waals surface area contributed by atoms with Gasteiger partial charge < -0.3 is 5.32 Å². The molecule has 3 heteroatoms. The maximum absolute atomic E-state index is 8.81. The number of hydrogen-bond acceptors (Lipinski definition) is 2. The third-order valence-electron chi connectivity index (χ3n) is 3.36. The van der Waals surface area contributed by atoms with Crippen molar-refractivity contribution in [2.45, 2.75) is 20.3 Å². The number of benzene rings is 1. The van der Waals surface area contributed by atoms with Crippen molar-refractivity contribution in [2.75, 3.05) is 11.9 Å². The number of nitrogens with zero attached hydrogens (tertiary/aromatic N) is 1. The van der Waals surface area contributed by atoms with Crippen molar-refractivity contribution >= 4 is 21.6 Å². The highest BCUT2D eigenvalue weighted by molar-refractivity contribution is 9.10. The molecular weight excluding hydrogens is 264 g/mol. The zero-order valence-electron chi connectivity index (χ0n) is 9.55. The van der Waals surface area contributed by atoms with Crippen LogP contribution < -0.4 is 5.32 Å². The molecule has 1 aromatic rings. The van der Waals surface area contributed by atoms with Gasteiger partial charge in [0.1, 0.15) is 6.07 Å². The van der Waals surface area contributed by atoms with Crippen LogP contribution in [0.2, 0.25) is 0 Å². The van der Waals surface area contributed by atoms with E-state index in [1.807, 2.05) is 18.2 Å². The highest BCUT2D eigenvalue weighted by Crippen LogP contribution is 2.51. The second-order valence-electron chi connectivity index (χ2n) is 5.08. The van der Waals surface area contributed by atoms with Gasteiger partial charge in [0.05, 0.1) is 5.56 Å². The Balaban J connectivity index is 1.96. The maximum atomic E-state index is 8.81. The lowest BCUT2D eigenvalue weighted by atomic mass is 10.1. The summed E-state index contributed by atoms with van der Waals surface area (Å²) in [5.41, 5.74) is 2.27. The summed E-state index contributed by atoms with van der Waals surface area (Å²) in [6, 6.07) is 7.90. The smallest absolute Gasteiger partial charge is 0.100 e. The molecule has 1 aliphatic rings. The van der Waals surface area contributed by atoms with Gasteiger partial charge in [0.15, 0.2) is 0 Å². The Labute approximate surface area is 105 Å². The maximum Gasteiger partial charge on any atom is 0.100 e. The molecule has 2 rings (SSSR count). The Morgan fingerprint density at radius 2 is 2.25 bits per heavy atom. The lowest BCUT2D eigenvalue weighted by molar-refractivity contribution is 0.573. The quantitative estimate of drug-likeness (QED) is 0.914. The van der Waals surface area contributed by atoms with E-state index < -0.39 is 0 Å². The molecule has 0 aliphatic heterocycles. The van der Waals surface area contributed by atoms with Crippen molar-refractivity contribution in [1.29, 1.82) is 5.26 Å². The van der Waals surface area contributed by atoms with E-state index >= 15 is 0 Å². The summed E-state index contributed by atoms with van der Waals surface area (Å²) in [6.07, 6.45) is 1.30. The SMILES string of the molecule is CC1(C)CC1CNc1ccc(C#N)c(Br)c1. The van der Waals surface area contributed by atoms with Crippen molar-refractivity contribution in [1.82, 2.24) is 0 Å². The predicted molar refractivity (Wildman–Crippen MR) is 69.2 cm³/mol. The third-order valence-corrected chi connectivity index (χ3v) is 4.02. The van der Waals surface area contributed by atoms with E-state index in [-0.39, 0.29) is 0 Å². The van der Waals surface area contributed by atoms with Crippen LogP contribution in [-0.4, -0.2) is 6.54 Å². The third kappa shape index (κ3) is 2.38. The van der Waals surface area contributed by atoms with Gasteiger partial charge in [-0.25, -0.2) is 0 Å². The topological polar surface area (TPSA) is 35.8 Å². The number of anilines is 1. The van der Waals surface area contributed by atoms with E-state index in [9.17, 15) is 0 Å². The predicted octanol–water partition coefficient (Wildman–Crippen LogP) is 3.78. The molecule has 1 unspecified atom stereocenters. The standard InChI is InChI=1S/C13H15BrN2/c1-13(2)6-10(13)8-16-11-4-3-9(7-15)12(14)5-11/h3-5,10,16H,6,8H2,1-2H3. The summed E-state index contributed by atoms with van der Waals surface area (Å²) in [4.78, 5) is 0. The first-order valence-electron chi connectivity index (χ1n) is 5.46. The van der Waals surface area contributed by atoms with Crippen molar-refractivity contribution in [3.05, 3.63) is 28.2 Å². The second-order valence-corrected chi connectivity index (χ2v) is 5.93. The van der Waals surface area contributed by atoms with Crippen LogP contribution in [0, 0.1) is 22.7 Å². The van der Waals surface area contributed by atoms with Gasteiger partial charge in [-0.1, -0.05) is 13.8 Å². The van der Waals surface area contributed by atoms with Crippen LogP contribution in [0.4, 0.5) is 5.69 Å². The van der Waals surface area contributed by atoms with Gasteiger partial charge in [-0.2, -0.15) is 5.26 Å². The molecule has 16 heavy (non-hydrogen) atoms. The van der Waals surface area contributed by atoms with Gasteiger partial charge in [-0.15, -0.1) is 0 Å². The van der Waals surface area contributed by atoms with Gasteiger partial charge >= 0.3 is 0 Å². The van der Waals surface area contributed by atoms with E-state index in [1.54, 1.807) is 0 Å². The first-order valence-corrected chi connectivity index (χ1v) is 6.26. The zero-order valence-corrected chi connectivity index (χ0v) is 11.1. The molecule has 0 spiro atoms. The van der Waals surface area contributed by atoms with Gasteiger partial charge in [-0.05, 0) is 51.9 Å². The Bertz CT molecular complexity index is 446. The van der Waals surface area contributed by atoms with Crippen LogP contribution in [0.3, 0.4) is 0 Å². The Morgan fingerprint density at radius 3 is 2.75 bits per heavy atom. The van der Waals surface area contributed by atoms with Gasteiger partial charge in [-0.3, -0.25) is 0 Å². The molecule has 1 fully saturated rings.